The number of nitrogens with zero attached hydrogens (tertiary/aromatic N) is 3. The van der Waals surface area contributed by atoms with E-state index in [0.717, 1.165) is 18.5 Å². The summed E-state index contributed by atoms with van der Waals surface area (Å²) in [6, 6.07) is 5.27. The van der Waals surface area contributed by atoms with Gasteiger partial charge in [-0.05, 0) is 31.5 Å². The SMILES string of the molecule is CCCc1nn(C)c2c(=O)[nH]c(-c3cc(Cl)ccc3OCC)nc12. The Morgan fingerprint density at radius 2 is 2.12 bits per heavy atom. The van der Waals surface area contributed by atoms with Crippen LogP contribution in [0.2, 0.25) is 5.02 Å². The molecule has 0 saturated carbocycles. The Hall–Kier alpha value is -2.34. The van der Waals surface area contributed by atoms with E-state index in [-0.39, 0.29) is 5.56 Å². The average molecular weight is 347 g/mol. The summed E-state index contributed by atoms with van der Waals surface area (Å²) >= 11 is 6.12. The van der Waals surface area contributed by atoms with Crippen molar-refractivity contribution in [2.75, 3.05) is 6.61 Å². The first kappa shape index (κ1) is 16.5. The van der Waals surface area contributed by atoms with Crippen molar-refractivity contribution in [3.63, 3.8) is 0 Å². The molecule has 126 valence electrons. The van der Waals surface area contributed by atoms with Crippen LogP contribution in [0.4, 0.5) is 0 Å². The van der Waals surface area contributed by atoms with Crippen molar-refractivity contribution in [3.05, 3.63) is 39.3 Å². The monoisotopic (exact) mass is 346 g/mol. The maximum absolute atomic E-state index is 12.5. The number of aryl methyl sites for hydroxylation is 2. The quantitative estimate of drug-likeness (QED) is 0.769. The lowest BCUT2D eigenvalue weighted by Gasteiger charge is -2.10. The molecule has 0 saturated heterocycles. The second kappa shape index (κ2) is 6.65. The number of aromatic nitrogens is 4. The van der Waals surface area contributed by atoms with Gasteiger partial charge in [0.05, 0.1) is 17.9 Å². The van der Waals surface area contributed by atoms with Gasteiger partial charge < -0.3 is 9.72 Å². The molecule has 3 aromatic rings. The summed E-state index contributed by atoms with van der Waals surface area (Å²) in [5.41, 5.74) is 2.36. The van der Waals surface area contributed by atoms with E-state index < -0.39 is 0 Å². The Kier molecular flexibility index (Phi) is 4.57. The number of hydrogen-bond acceptors (Lipinski definition) is 4. The van der Waals surface area contributed by atoms with Crippen molar-refractivity contribution in [2.45, 2.75) is 26.7 Å². The lowest BCUT2D eigenvalue weighted by molar-refractivity contribution is 0.341. The number of H-pyrrole nitrogens is 1. The van der Waals surface area contributed by atoms with Gasteiger partial charge in [0.25, 0.3) is 5.56 Å². The van der Waals surface area contributed by atoms with E-state index in [1.54, 1.807) is 29.9 Å². The largest absolute Gasteiger partial charge is 0.493 e. The fourth-order valence-corrected chi connectivity index (χ4v) is 2.92. The molecular weight excluding hydrogens is 328 g/mol. The number of halogens is 1. The van der Waals surface area contributed by atoms with Crippen molar-refractivity contribution in [3.8, 4) is 17.1 Å². The van der Waals surface area contributed by atoms with E-state index in [9.17, 15) is 4.79 Å². The highest BCUT2D eigenvalue weighted by molar-refractivity contribution is 6.30. The summed E-state index contributed by atoms with van der Waals surface area (Å²) in [6.07, 6.45) is 1.69. The smallest absolute Gasteiger partial charge is 0.277 e. The van der Waals surface area contributed by atoms with Crippen molar-refractivity contribution in [1.29, 1.82) is 0 Å². The standard InChI is InChI=1S/C17H19ClN4O2/c1-4-6-12-14-15(22(3)21-12)17(23)20-16(19-14)11-9-10(18)7-8-13(11)24-5-2/h7-9H,4-6H2,1-3H3,(H,19,20,23). The number of fused-ring (bicyclic) bond motifs is 1. The molecule has 24 heavy (non-hydrogen) atoms. The Labute approximate surface area is 144 Å². The zero-order chi connectivity index (χ0) is 17.3. The molecule has 0 aliphatic carbocycles. The second-order valence-electron chi connectivity index (χ2n) is 5.51. The molecule has 2 heterocycles. The number of aromatic amines is 1. The highest BCUT2D eigenvalue weighted by atomic mass is 35.5. The second-order valence-corrected chi connectivity index (χ2v) is 5.94. The molecular formula is C17H19ClN4O2. The number of nitrogens with one attached hydrogen (secondary N) is 1. The van der Waals surface area contributed by atoms with Gasteiger partial charge in [0, 0.05) is 12.1 Å². The van der Waals surface area contributed by atoms with Crippen LogP contribution in [0.15, 0.2) is 23.0 Å². The van der Waals surface area contributed by atoms with Gasteiger partial charge in [-0.2, -0.15) is 5.10 Å². The van der Waals surface area contributed by atoms with Crippen molar-refractivity contribution in [2.24, 2.45) is 7.05 Å². The topological polar surface area (TPSA) is 72.8 Å². The van der Waals surface area contributed by atoms with Gasteiger partial charge in [0.1, 0.15) is 17.1 Å². The predicted molar refractivity (Wildman–Crippen MR) is 94.7 cm³/mol. The van der Waals surface area contributed by atoms with E-state index >= 15 is 0 Å². The summed E-state index contributed by atoms with van der Waals surface area (Å²) in [5, 5.41) is 4.98. The molecule has 0 radical (unpaired) electrons. The van der Waals surface area contributed by atoms with E-state index in [1.807, 2.05) is 6.92 Å². The van der Waals surface area contributed by atoms with Gasteiger partial charge in [-0.3, -0.25) is 9.48 Å². The molecule has 0 spiro atoms. The first-order valence-corrected chi connectivity index (χ1v) is 8.31. The van der Waals surface area contributed by atoms with E-state index in [4.69, 9.17) is 16.3 Å². The Morgan fingerprint density at radius 3 is 2.83 bits per heavy atom. The average Bonchev–Trinajstić information content (AvgIpc) is 2.86. The molecule has 0 amide bonds. The molecule has 0 bridgehead atoms. The summed E-state index contributed by atoms with van der Waals surface area (Å²) in [6.45, 7) is 4.48. The van der Waals surface area contributed by atoms with E-state index in [1.165, 1.54) is 0 Å². The third-order valence-corrected chi connectivity index (χ3v) is 3.98. The molecule has 1 aromatic carbocycles. The molecule has 0 fully saturated rings. The van der Waals surface area contributed by atoms with Crippen LogP contribution in [0.5, 0.6) is 5.75 Å². The van der Waals surface area contributed by atoms with Crippen molar-refractivity contribution in [1.82, 2.24) is 19.7 Å². The van der Waals surface area contributed by atoms with Crippen LogP contribution in [0.25, 0.3) is 22.4 Å². The third-order valence-electron chi connectivity index (χ3n) is 3.75. The Bertz CT molecular complexity index is 946. The minimum Gasteiger partial charge on any atom is -0.493 e. The summed E-state index contributed by atoms with van der Waals surface area (Å²) < 4.78 is 7.22. The van der Waals surface area contributed by atoms with Crippen LogP contribution in [-0.4, -0.2) is 26.4 Å². The number of benzene rings is 1. The molecule has 6 nitrogen and oxygen atoms in total. The van der Waals surface area contributed by atoms with Crippen LogP contribution in [0.3, 0.4) is 0 Å². The highest BCUT2D eigenvalue weighted by Gasteiger charge is 2.17. The van der Waals surface area contributed by atoms with Gasteiger partial charge >= 0.3 is 0 Å². The van der Waals surface area contributed by atoms with Gasteiger partial charge in [-0.25, -0.2) is 4.98 Å². The molecule has 0 atom stereocenters. The minimum atomic E-state index is -0.227. The first-order valence-electron chi connectivity index (χ1n) is 7.93. The molecule has 1 N–H and O–H groups in total. The Morgan fingerprint density at radius 1 is 1.33 bits per heavy atom. The number of rotatable bonds is 5. The summed E-state index contributed by atoms with van der Waals surface area (Å²) in [4.78, 5) is 20.0. The zero-order valence-electron chi connectivity index (χ0n) is 13.9. The summed E-state index contributed by atoms with van der Waals surface area (Å²) in [7, 11) is 1.75. The molecule has 7 heteroatoms. The molecule has 0 aliphatic heterocycles. The first-order chi connectivity index (χ1) is 11.5. The lowest BCUT2D eigenvalue weighted by Crippen LogP contribution is -2.12. The van der Waals surface area contributed by atoms with Crippen LogP contribution < -0.4 is 10.3 Å². The normalized spacial score (nSPS) is 11.2. The van der Waals surface area contributed by atoms with Crippen LogP contribution in [-0.2, 0) is 13.5 Å². The maximum Gasteiger partial charge on any atom is 0.277 e. The maximum atomic E-state index is 12.5. The van der Waals surface area contributed by atoms with Gasteiger partial charge in [0.2, 0.25) is 0 Å². The van der Waals surface area contributed by atoms with Crippen LogP contribution in [0, 0.1) is 0 Å². The number of hydrogen-bond donors (Lipinski definition) is 1. The lowest BCUT2D eigenvalue weighted by atomic mass is 10.1. The van der Waals surface area contributed by atoms with Crippen molar-refractivity contribution >= 4 is 22.6 Å². The number of ether oxygens (including phenoxy) is 1. The van der Waals surface area contributed by atoms with Crippen molar-refractivity contribution < 1.29 is 4.74 Å². The fourth-order valence-electron chi connectivity index (χ4n) is 2.75. The molecule has 2 aromatic heterocycles. The van der Waals surface area contributed by atoms with E-state index in [2.05, 4.69) is 22.0 Å². The molecule has 0 aliphatic rings. The predicted octanol–water partition coefficient (Wildman–Crippen LogP) is 3.33. The fraction of sp³-hybridized carbons (Fsp3) is 0.353. The Balaban J connectivity index is 2.26. The van der Waals surface area contributed by atoms with Gasteiger partial charge in [0.15, 0.2) is 5.52 Å². The van der Waals surface area contributed by atoms with E-state index in [0.29, 0.717) is 39.8 Å². The molecule has 3 rings (SSSR count). The van der Waals surface area contributed by atoms with Crippen LogP contribution in [0.1, 0.15) is 26.0 Å². The summed E-state index contributed by atoms with van der Waals surface area (Å²) in [5.74, 6) is 1.06. The van der Waals surface area contributed by atoms with Gasteiger partial charge in [-0.1, -0.05) is 24.9 Å². The van der Waals surface area contributed by atoms with Gasteiger partial charge in [-0.15, -0.1) is 0 Å². The molecule has 0 unspecified atom stereocenters. The third kappa shape index (κ3) is 2.89. The minimum absolute atomic E-state index is 0.227. The zero-order valence-corrected chi connectivity index (χ0v) is 14.6. The van der Waals surface area contributed by atoms with Crippen LogP contribution >= 0.6 is 11.6 Å². The highest BCUT2D eigenvalue weighted by Crippen LogP contribution is 2.31.